The minimum absolute atomic E-state index is 0.960. The Bertz CT molecular complexity index is 265. The van der Waals surface area contributed by atoms with Gasteiger partial charge in [-0.3, -0.25) is 0 Å². The molecular weight excluding hydrogens is 311 g/mol. The van der Waals surface area contributed by atoms with E-state index in [9.17, 15) is 0 Å². The molecular formula is C12H19BrN2Ni-. The third kappa shape index (κ3) is 7.40. The van der Waals surface area contributed by atoms with E-state index in [0.29, 0.717) is 0 Å². The predicted octanol–water partition coefficient (Wildman–Crippen LogP) is 2.45. The molecule has 0 heterocycles. The molecule has 16 heavy (non-hydrogen) atoms. The molecule has 0 N–H and O–H groups in total. The van der Waals surface area contributed by atoms with Crippen molar-refractivity contribution in [2.75, 3.05) is 28.2 Å². The second kappa shape index (κ2) is 9.18. The molecule has 1 aromatic rings. The third-order valence-corrected chi connectivity index (χ3v) is 1.89. The zero-order chi connectivity index (χ0) is 12.6. The van der Waals surface area contributed by atoms with Crippen LogP contribution in [-0.4, -0.2) is 38.0 Å². The standard InChI is InChI=1S/C12H19N2.BrH.Ni/c1-13(2)9-11-6-5-7-12(8-11)10-14(3)4;;/h5-7H,9-10H2,1-4H3;1H;/q-1;;+1/p-1. The van der Waals surface area contributed by atoms with Crippen molar-refractivity contribution in [3.63, 3.8) is 0 Å². The van der Waals surface area contributed by atoms with Gasteiger partial charge >= 0.3 is 27.9 Å². The van der Waals surface area contributed by atoms with Gasteiger partial charge in [-0.25, -0.2) is 0 Å². The van der Waals surface area contributed by atoms with E-state index in [4.69, 9.17) is 0 Å². The van der Waals surface area contributed by atoms with Crippen molar-refractivity contribution in [1.82, 2.24) is 9.80 Å². The zero-order valence-corrected chi connectivity index (χ0v) is 12.8. The molecule has 1 rings (SSSR count). The maximum atomic E-state index is 3.69. The van der Waals surface area contributed by atoms with Crippen molar-refractivity contribution >= 4 is 14.2 Å². The van der Waals surface area contributed by atoms with Crippen LogP contribution in [0.15, 0.2) is 18.2 Å². The van der Waals surface area contributed by atoms with Gasteiger partial charge in [-0.05, 0) is 28.2 Å². The van der Waals surface area contributed by atoms with Gasteiger partial charge in [0.1, 0.15) is 0 Å². The van der Waals surface area contributed by atoms with Crippen molar-refractivity contribution in [2.24, 2.45) is 0 Å². The van der Waals surface area contributed by atoms with E-state index in [-0.39, 0.29) is 0 Å². The van der Waals surface area contributed by atoms with E-state index >= 15 is 0 Å². The Kier molecular flexibility index (Phi) is 9.24. The Labute approximate surface area is 114 Å². The monoisotopic (exact) mass is 328 g/mol. The summed E-state index contributed by atoms with van der Waals surface area (Å²) in [7, 11) is 8.30. The Balaban J connectivity index is 0.00000106. The topological polar surface area (TPSA) is 6.48 Å². The zero-order valence-electron chi connectivity index (χ0n) is 10.2. The number of hydrogen-bond acceptors (Lipinski definition) is 2. The Morgan fingerprint density at radius 1 is 1.00 bits per heavy atom. The van der Waals surface area contributed by atoms with Crippen molar-refractivity contribution in [3.8, 4) is 0 Å². The fourth-order valence-corrected chi connectivity index (χ4v) is 1.44. The number of nitrogens with zero attached hydrogens (tertiary/aromatic N) is 2. The molecule has 0 amide bonds. The van der Waals surface area contributed by atoms with Crippen LogP contribution < -0.4 is 0 Å². The summed E-state index contributed by atoms with van der Waals surface area (Å²) in [4.78, 5) is 4.32. The summed E-state index contributed by atoms with van der Waals surface area (Å²) in [5.41, 5.74) is 2.52. The molecule has 0 aliphatic rings. The summed E-state index contributed by atoms with van der Waals surface area (Å²) in [5.74, 6) is 0. The average Bonchev–Trinajstić information content (AvgIpc) is 2.19. The number of rotatable bonds is 4. The molecule has 0 atom stereocenters. The van der Waals surface area contributed by atoms with Crippen molar-refractivity contribution < 1.29 is 13.7 Å². The Morgan fingerprint density at radius 2 is 1.38 bits per heavy atom. The third-order valence-electron chi connectivity index (χ3n) is 1.89. The molecule has 0 radical (unpaired) electrons. The second-order valence-electron chi connectivity index (χ2n) is 4.18. The van der Waals surface area contributed by atoms with Crippen LogP contribution in [0.3, 0.4) is 0 Å². The van der Waals surface area contributed by atoms with Gasteiger partial charge in [-0.2, -0.15) is 24.3 Å². The molecule has 0 aliphatic heterocycles. The van der Waals surface area contributed by atoms with Crippen molar-refractivity contribution in [1.29, 1.82) is 0 Å². The van der Waals surface area contributed by atoms with Gasteiger partial charge in [0, 0.05) is 13.1 Å². The van der Waals surface area contributed by atoms with E-state index in [2.05, 4.69) is 90.2 Å². The summed E-state index contributed by atoms with van der Waals surface area (Å²) in [6.45, 7) is 1.92. The quantitative estimate of drug-likeness (QED) is 0.618. The van der Waals surface area contributed by atoms with Crippen LogP contribution in [0.25, 0.3) is 0 Å². The molecule has 2 nitrogen and oxygen atoms in total. The summed E-state index contributed by atoms with van der Waals surface area (Å²) in [6, 6.07) is 9.78. The van der Waals surface area contributed by atoms with Gasteiger partial charge in [-0.15, -0.1) is 11.1 Å². The molecule has 0 saturated heterocycles. The van der Waals surface area contributed by atoms with Gasteiger partial charge < -0.3 is 9.80 Å². The first kappa shape index (κ1) is 16.1. The molecule has 0 fully saturated rings. The molecule has 0 spiro atoms. The van der Waals surface area contributed by atoms with Gasteiger partial charge in [0.05, 0.1) is 0 Å². The van der Waals surface area contributed by atoms with Crippen LogP contribution in [0.1, 0.15) is 11.1 Å². The van der Waals surface area contributed by atoms with E-state index in [1.807, 2.05) is 0 Å². The molecule has 0 bridgehead atoms. The number of hydrogen-bond donors (Lipinski definition) is 0. The molecule has 0 aromatic heterocycles. The molecule has 4 heteroatoms. The second-order valence-corrected chi connectivity index (χ2v) is 4.18. The summed E-state index contributed by atoms with van der Waals surface area (Å²) in [6.07, 6.45) is 0. The van der Waals surface area contributed by atoms with Crippen molar-refractivity contribution in [3.05, 3.63) is 35.4 Å². The SMILES string of the molecule is CN(C)Cc1[c-]c(CN(C)C)ccc1.[Ni][Br]. The molecule has 0 saturated carbocycles. The summed E-state index contributed by atoms with van der Waals surface area (Å²) in [5, 5.41) is 0. The first-order valence-electron chi connectivity index (χ1n) is 4.99. The van der Waals surface area contributed by atoms with Gasteiger partial charge in [0.2, 0.25) is 0 Å². The maximum absolute atomic E-state index is 3.69. The van der Waals surface area contributed by atoms with Gasteiger partial charge in [-0.1, -0.05) is 0 Å². The van der Waals surface area contributed by atoms with E-state index in [0.717, 1.165) is 13.1 Å². The van der Waals surface area contributed by atoms with Crippen LogP contribution in [0.5, 0.6) is 0 Å². The van der Waals surface area contributed by atoms with Crippen molar-refractivity contribution in [2.45, 2.75) is 13.1 Å². The first-order chi connectivity index (χ1) is 7.58. The van der Waals surface area contributed by atoms with Crippen LogP contribution in [0.4, 0.5) is 0 Å². The molecule has 95 valence electrons. The molecule has 1 aromatic carbocycles. The minimum atomic E-state index is 0.960. The predicted molar refractivity (Wildman–Crippen MR) is 69.0 cm³/mol. The van der Waals surface area contributed by atoms with E-state index < -0.39 is 0 Å². The molecule has 0 aliphatic carbocycles. The van der Waals surface area contributed by atoms with Crippen LogP contribution >= 0.6 is 14.2 Å². The van der Waals surface area contributed by atoms with Crippen LogP contribution in [0.2, 0.25) is 0 Å². The Hall–Kier alpha value is 0.114. The number of benzene rings is 1. The fraction of sp³-hybridized carbons (Fsp3) is 0.500. The van der Waals surface area contributed by atoms with Crippen LogP contribution in [-0.2, 0) is 26.8 Å². The summed E-state index contributed by atoms with van der Waals surface area (Å²) < 4.78 is 0. The van der Waals surface area contributed by atoms with Crippen LogP contribution in [0, 0.1) is 6.07 Å². The average molecular weight is 330 g/mol. The summed E-state index contributed by atoms with van der Waals surface area (Å²) >= 11 is 6.25. The normalized spacial score (nSPS) is 10.3. The molecule has 0 unspecified atom stereocenters. The van der Waals surface area contributed by atoms with E-state index in [1.165, 1.54) is 11.1 Å². The van der Waals surface area contributed by atoms with Gasteiger partial charge in [0.25, 0.3) is 0 Å². The fourth-order valence-electron chi connectivity index (χ4n) is 1.44. The van der Waals surface area contributed by atoms with E-state index in [1.54, 1.807) is 0 Å². The Morgan fingerprint density at radius 3 is 1.69 bits per heavy atom. The number of halogens is 1. The van der Waals surface area contributed by atoms with Gasteiger partial charge in [0.15, 0.2) is 0 Å². The first-order valence-corrected chi connectivity index (χ1v) is 7.43.